The van der Waals surface area contributed by atoms with Gasteiger partial charge in [0.1, 0.15) is 12.7 Å². The lowest BCUT2D eigenvalue weighted by Gasteiger charge is -2.39. The number of carbonyl (C=O) groups is 1. The standard InChI is InChI=1S/C24H30N8O/c33-24(30-15-13-29(14-16-30)12-10-20-5-2-1-3-6-20)21-7-4-11-31(17-21)22-8-9-23(28-27-22)32-19-25-18-26-32/h1-3,5-6,8-9,18-19,21H,4,7,10-17H2. The average Bonchev–Trinajstić information content (AvgIpc) is 3.43. The molecule has 2 saturated heterocycles. The minimum Gasteiger partial charge on any atom is -0.354 e. The maximum absolute atomic E-state index is 13.3. The second-order valence-corrected chi connectivity index (χ2v) is 8.78. The quantitative estimate of drug-likeness (QED) is 0.569. The fraction of sp³-hybridized carbons (Fsp3) is 0.458. The minimum absolute atomic E-state index is 0.0198. The molecule has 0 radical (unpaired) electrons. The molecule has 9 heteroatoms. The van der Waals surface area contributed by atoms with Crippen molar-refractivity contribution in [3.63, 3.8) is 0 Å². The van der Waals surface area contributed by atoms with Crippen molar-refractivity contribution in [1.29, 1.82) is 0 Å². The van der Waals surface area contributed by atoms with Crippen LogP contribution in [0.4, 0.5) is 5.82 Å². The van der Waals surface area contributed by atoms with Crippen LogP contribution in [0.15, 0.2) is 55.1 Å². The lowest BCUT2D eigenvalue weighted by Crippen LogP contribution is -2.52. The van der Waals surface area contributed by atoms with Crippen molar-refractivity contribution in [2.75, 3.05) is 50.7 Å². The van der Waals surface area contributed by atoms with Gasteiger partial charge in [-0.05, 0) is 37.0 Å². The summed E-state index contributed by atoms with van der Waals surface area (Å²) in [4.78, 5) is 23.9. The van der Waals surface area contributed by atoms with E-state index in [2.05, 4.69) is 65.3 Å². The van der Waals surface area contributed by atoms with E-state index < -0.39 is 0 Å². The molecule has 1 atom stereocenters. The van der Waals surface area contributed by atoms with Gasteiger partial charge in [-0.3, -0.25) is 9.69 Å². The second kappa shape index (κ2) is 10.1. The Balaban J connectivity index is 1.12. The Morgan fingerprint density at radius 1 is 0.939 bits per heavy atom. The normalized spacial score (nSPS) is 19.6. The van der Waals surface area contributed by atoms with Gasteiger partial charge in [-0.25, -0.2) is 9.67 Å². The molecule has 1 amide bonds. The number of anilines is 1. The van der Waals surface area contributed by atoms with Crippen LogP contribution < -0.4 is 4.90 Å². The molecule has 0 bridgehead atoms. The Labute approximate surface area is 194 Å². The van der Waals surface area contributed by atoms with Crippen molar-refractivity contribution < 1.29 is 4.79 Å². The first-order valence-electron chi connectivity index (χ1n) is 11.7. The molecule has 1 aromatic carbocycles. The highest BCUT2D eigenvalue weighted by Gasteiger charge is 2.31. The van der Waals surface area contributed by atoms with Gasteiger partial charge < -0.3 is 9.80 Å². The van der Waals surface area contributed by atoms with Gasteiger partial charge in [-0.1, -0.05) is 30.3 Å². The van der Waals surface area contributed by atoms with Crippen molar-refractivity contribution in [2.45, 2.75) is 19.3 Å². The third-order valence-corrected chi connectivity index (χ3v) is 6.63. The third kappa shape index (κ3) is 5.19. The monoisotopic (exact) mass is 446 g/mol. The van der Waals surface area contributed by atoms with Gasteiger partial charge >= 0.3 is 0 Å². The molecule has 3 aromatic rings. The van der Waals surface area contributed by atoms with Crippen LogP contribution in [0.1, 0.15) is 18.4 Å². The molecule has 172 valence electrons. The van der Waals surface area contributed by atoms with E-state index in [0.717, 1.165) is 64.3 Å². The number of aromatic nitrogens is 5. The van der Waals surface area contributed by atoms with Crippen molar-refractivity contribution in [2.24, 2.45) is 5.92 Å². The van der Waals surface area contributed by atoms with E-state index in [1.807, 2.05) is 12.1 Å². The minimum atomic E-state index is 0.0198. The van der Waals surface area contributed by atoms with Crippen LogP contribution in [0, 0.1) is 5.92 Å². The number of piperidine rings is 1. The summed E-state index contributed by atoms with van der Waals surface area (Å²) >= 11 is 0. The van der Waals surface area contributed by atoms with E-state index in [4.69, 9.17) is 0 Å². The molecule has 0 aliphatic carbocycles. The molecule has 2 aliphatic rings. The largest absolute Gasteiger partial charge is 0.354 e. The van der Waals surface area contributed by atoms with E-state index in [0.29, 0.717) is 12.4 Å². The molecule has 9 nitrogen and oxygen atoms in total. The van der Waals surface area contributed by atoms with E-state index in [-0.39, 0.29) is 11.8 Å². The molecule has 2 aliphatic heterocycles. The summed E-state index contributed by atoms with van der Waals surface area (Å²) < 4.78 is 1.58. The third-order valence-electron chi connectivity index (χ3n) is 6.63. The molecule has 1 unspecified atom stereocenters. The van der Waals surface area contributed by atoms with Gasteiger partial charge in [0.15, 0.2) is 11.6 Å². The van der Waals surface area contributed by atoms with Crippen LogP contribution in [0.2, 0.25) is 0 Å². The number of nitrogens with zero attached hydrogens (tertiary/aromatic N) is 8. The Morgan fingerprint density at radius 2 is 1.73 bits per heavy atom. The molecule has 4 heterocycles. The summed E-state index contributed by atoms with van der Waals surface area (Å²) in [5, 5.41) is 12.7. The first kappa shape index (κ1) is 21.5. The van der Waals surface area contributed by atoms with E-state index in [1.54, 1.807) is 11.0 Å². The van der Waals surface area contributed by atoms with Crippen molar-refractivity contribution in [3.05, 3.63) is 60.7 Å². The van der Waals surface area contributed by atoms with Crippen LogP contribution in [0.3, 0.4) is 0 Å². The van der Waals surface area contributed by atoms with Crippen LogP contribution in [-0.4, -0.2) is 86.5 Å². The maximum Gasteiger partial charge on any atom is 0.227 e. The van der Waals surface area contributed by atoms with Gasteiger partial charge in [-0.2, -0.15) is 5.10 Å². The zero-order valence-corrected chi connectivity index (χ0v) is 18.8. The number of piperazine rings is 1. The first-order valence-corrected chi connectivity index (χ1v) is 11.7. The van der Waals surface area contributed by atoms with Gasteiger partial charge in [0, 0.05) is 45.8 Å². The fourth-order valence-electron chi connectivity index (χ4n) is 4.70. The summed E-state index contributed by atoms with van der Waals surface area (Å²) in [7, 11) is 0. The molecule has 0 N–H and O–H groups in total. The van der Waals surface area contributed by atoms with Crippen molar-refractivity contribution >= 4 is 11.7 Å². The molecular formula is C24H30N8O. The van der Waals surface area contributed by atoms with Crippen LogP contribution in [-0.2, 0) is 11.2 Å². The predicted octanol–water partition coefficient (Wildman–Crippen LogP) is 1.66. The Morgan fingerprint density at radius 3 is 2.45 bits per heavy atom. The highest BCUT2D eigenvalue weighted by atomic mass is 16.2. The van der Waals surface area contributed by atoms with Crippen LogP contribution in [0.5, 0.6) is 0 Å². The Hall–Kier alpha value is -3.33. The summed E-state index contributed by atoms with van der Waals surface area (Å²) in [6.45, 7) is 6.17. The molecule has 2 fully saturated rings. The SMILES string of the molecule is O=C(C1CCCN(c2ccc(-n3cncn3)nn2)C1)N1CCN(CCc2ccccc2)CC1. The summed E-state index contributed by atoms with van der Waals surface area (Å²) in [5.74, 6) is 1.74. The topological polar surface area (TPSA) is 83.3 Å². The van der Waals surface area contributed by atoms with E-state index in [1.165, 1.54) is 11.9 Å². The smallest absolute Gasteiger partial charge is 0.227 e. The molecule has 5 rings (SSSR count). The van der Waals surface area contributed by atoms with Crippen LogP contribution >= 0.6 is 0 Å². The number of hydrogen-bond acceptors (Lipinski definition) is 7. The van der Waals surface area contributed by atoms with Gasteiger partial charge in [0.2, 0.25) is 5.91 Å². The zero-order valence-electron chi connectivity index (χ0n) is 18.8. The molecule has 33 heavy (non-hydrogen) atoms. The molecule has 0 saturated carbocycles. The van der Waals surface area contributed by atoms with E-state index in [9.17, 15) is 4.79 Å². The summed E-state index contributed by atoms with van der Waals surface area (Å²) in [6.07, 6.45) is 6.05. The lowest BCUT2D eigenvalue weighted by molar-refractivity contribution is -0.137. The van der Waals surface area contributed by atoms with Crippen molar-refractivity contribution in [1.82, 2.24) is 34.8 Å². The molecule has 0 spiro atoms. The Kier molecular flexibility index (Phi) is 6.57. The highest BCUT2D eigenvalue weighted by molar-refractivity contribution is 5.80. The summed E-state index contributed by atoms with van der Waals surface area (Å²) in [5.41, 5.74) is 1.37. The second-order valence-electron chi connectivity index (χ2n) is 8.78. The molecular weight excluding hydrogens is 416 g/mol. The lowest BCUT2D eigenvalue weighted by atomic mass is 9.96. The highest BCUT2D eigenvalue weighted by Crippen LogP contribution is 2.23. The zero-order chi connectivity index (χ0) is 22.5. The average molecular weight is 447 g/mol. The first-order chi connectivity index (χ1) is 16.3. The number of benzene rings is 1. The number of hydrogen-bond donors (Lipinski definition) is 0. The number of carbonyl (C=O) groups excluding carboxylic acids is 1. The molecule has 2 aromatic heterocycles. The number of amides is 1. The van der Waals surface area contributed by atoms with Gasteiger partial charge in [0.25, 0.3) is 0 Å². The van der Waals surface area contributed by atoms with Gasteiger partial charge in [0.05, 0.1) is 5.92 Å². The summed E-state index contributed by atoms with van der Waals surface area (Å²) in [6, 6.07) is 14.4. The van der Waals surface area contributed by atoms with Crippen LogP contribution in [0.25, 0.3) is 5.82 Å². The maximum atomic E-state index is 13.3. The predicted molar refractivity (Wildman–Crippen MR) is 125 cm³/mol. The van der Waals surface area contributed by atoms with E-state index >= 15 is 0 Å². The fourth-order valence-corrected chi connectivity index (χ4v) is 4.70. The Bertz CT molecular complexity index is 1020. The number of rotatable bonds is 6. The van der Waals surface area contributed by atoms with Gasteiger partial charge in [-0.15, -0.1) is 10.2 Å². The van der Waals surface area contributed by atoms with Crippen molar-refractivity contribution in [3.8, 4) is 5.82 Å².